The fourth-order valence-corrected chi connectivity index (χ4v) is 3.67. The van der Waals surface area contributed by atoms with Crippen molar-refractivity contribution in [2.24, 2.45) is 0 Å². The number of hydrogen-bond acceptors (Lipinski definition) is 4. The fraction of sp³-hybridized carbons (Fsp3) is 0.261. The normalized spacial score (nSPS) is 11.0. The van der Waals surface area contributed by atoms with Crippen LogP contribution in [-0.4, -0.2) is 25.4 Å². The van der Waals surface area contributed by atoms with E-state index in [-0.39, 0.29) is 0 Å². The van der Waals surface area contributed by atoms with Crippen LogP contribution < -0.4 is 10.1 Å². The van der Waals surface area contributed by atoms with Crippen LogP contribution in [0.15, 0.2) is 54.7 Å². The molecular formula is C23H25N5O2. The van der Waals surface area contributed by atoms with Crippen molar-refractivity contribution in [1.82, 2.24) is 19.3 Å². The number of anilines is 1. The number of fused-ring (bicyclic) bond motifs is 1. The predicted octanol–water partition coefficient (Wildman–Crippen LogP) is 5.11. The maximum absolute atomic E-state index is 12.6. The van der Waals surface area contributed by atoms with Crippen LogP contribution in [0, 0.1) is 6.92 Å². The Balaban J connectivity index is 1.54. The van der Waals surface area contributed by atoms with E-state index >= 15 is 0 Å². The highest BCUT2D eigenvalue weighted by Gasteiger charge is 2.16. The number of imidazole rings is 1. The van der Waals surface area contributed by atoms with E-state index in [4.69, 9.17) is 4.74 Å². The lowest BCUT2D eigenvalue weighted by Crippen LogP contribution is -2.17. The van der Waals surface area contributed by atoms with Crippen molar-refractivity contribution in [2.45, 2.75) is 40.2 Å². The lowest BCUT2D eigenvalue weighted by molar-refractivity contribution is 0.214. The molecule has 30 heavy (non-hydrogen) atoms. The van der Waals surface area contributed by atoms with Gasteiger partial charge in [-0.25, -0.2) is 14.5 Å². The van der Waals surface area contributed by atoms with Gasteiger partial charge in [-0.05, 0) is 50.6 Å². The van der Waals surface area contributed by atoms with Gasteiger partial charge in [0.2, 0.25) is 0 Å². The Bertz CT molecular complexity index is 1180. The first-order valence-corrected chi connectivity index (χ1v) is 10.2. The molecule has 0 saturated heterocycles. The van der Waals surface area contributed by atoms with Gasteiger partial charge in [0, 0.05) is 12.2 Å². The van der Waals surface area contributed by atoms with Gasteiger partial charge in [0.25, 0.3) is 0 Å². The van der Waals surface area contributed by atoms with Gasteiger partial charge in [-0.2, -0.15) is 5.10 Å². The van der Waals surface area contributed by atoms with Crippen molar-refractivity contribution in [2.75, 3.05) is 5.32 Å². The first kappa shape index (κ1) is 19.7. The van der Waals surface area contributed by atoms with Gasteiger partial charge in [0.1, 0.15) is 5.82 Å². The number of rotatable bonds is 6. The maximum Gasteiger partial charge on any atom is 0.417 e. The molecule has 1 amide bonds. The average Bonchev–Trinajstić information content (AvgIpc) is 3.28. The van der Waals surface area contributed by atoms with Gasteiger partial charge in [0.05, 0.1) is 28.6 Å². The predicted molar refractivity (Wildman–Crippen MR) is 117 cm³/mol. The van der Waals surface area contributed by atoms with Gasteiger partial charge >= 0.3 is 6.09 Å². The second-order valence-electron chi connectivity index (χ2n) is 7.07. The Morgan fingerprint density at radius 2 is 1.93 bits per heavy atom. The molecule has 154 valence electrons. The lowest BCUT2D eigenvalue weighted by atomic mass is 10.2. The Labute approximate surface area is 175 Å². The highest BCUT2D eigenvalue weighted by atomic mass is 16.6. The second-order valence-corrected chi connectivity index (χ2v) is 7.07. The van der Waals surface area contributed by atoms with Crippen molar-refractivity contribution in [1.29, 1.82) is 0 Å². The molecular weight excluding hydrogens is 378 g/mol. The molecule has 0 unspecified atom stereocenters. The Hall–Kier alpha value is -3.61. The molecule has 2 heterocycles. The number of nitrogens with zero attached hydrogens (tertiary/aromatic N) is 4. The van der Waals surface area contributed by atoms with E-state index in [1.807, 2.05) is 60.1 Å². The molecule has 0 bridgehead atoms. The molecule has 1 N–H and O–H groups in total. The zero-order chi connectivity index (χ0) is 21.1. The molecule has 2 aromatic carbocycles. The molecule has 0 spiro atoms. The highest BCUT2D eigenvalue weighted by Crippen LogP contribution is 2.25. The third-order valence-electron chi connectivity index (χ3n) is 5.02. The topological polar surface area (TPSA) is 74.0 Å². The number of carbonyl (C=O) groups is 1. The van der Waals surface area contributed by atoms with Crippen molar-refractivity contribution in [3.05, 3.63) is 66.2 Å². The summed E-state index contributed by atoms with van der Waals surface area (Å²) in [4.78, 5) is 17.1. The first-order valence-electron chi connectivity index (χ1n) is 10.2. The van der Waals surface area contributed by atoms with Gasteiger partial charge in [0.15, 0.2) is 5.75 Å². The number of hydrogen-bond donors (Lipinski definition) is 1. The van der Waals surface area contributed by atoms with Crippen LogP contribution in [0.3, 0.4) is 0 Å². The first-order chi connectivity index (χ1) is 14.6. The fourth-order valence-electron chi connectivity index (χ4n) is 3.67. The smallest absolute Gasteiger partial charge is 0.406 e. The lowest BCUT2D eigenvalue weighted by Gasteiger charge is -2.10. The zero-order valence-electron chi connectivity index (χ0n) is 17.4. The third kappa shape index (κ3) is 3.78. The summed E-state index contributed by atoms with van der Waals surface area (Å²) < 4.78 is 9.56. The molecule has 2 aromatic heterocycles. The van der Waals surface area contributed by atoms with Crippen LogP contribution in [0.2, 0.25) is 0 Å². The minimum Gasteiger partial charge on any atom is -0.406 e. The van der Waals surface area contributed by atoms with Gasteiger partial charge in [-0.15, -0.1) is 0 Å². The number of carbonyl (C=O) groups excluding carboxylic acids is 1. The van der Waals surface area contributed by atoms with Crippen LogP contribution in [0.25, 0.3) is 16.7 Å². The SMILES string of the molecule is CCCc1c(OC(=O)Nc2ccc3c(c2)nc(C)n3CC)cnn1-c1ccccc1. The number of aryl methyl sites for hydroxylation is 2. The van der Waals surface area contributed by atoms with Crippen LogP contribution in [0.4, 0.5) is 10.5 Å². The van der Waals surface area contributed by atoms with Gasteiger partial charge < -0.3 is 9.30 Å². The molecule has 4 rings (SSSR count). The number of aromatic nitrogens is 4. The van der Waals surface area contributed by atoms with E-state index in [2.05, 4.69) is 33.8 Å². The van der Waals surface area contributed by atoms with E-state index < -0.39 is 6.09 Å². The molecule has 0 aliphatic carbocycles. The average molecular weight is 403 g/mol. The van der Waals surface area contributed by atoms with Crippen molar-refractivity contribution in [3.8, 4) is 11.4 Å². The summed E-state index contributed by atoms with van der Waals surface area (Å²) in [5.74, 6) is 1.41. The number of amides is 1. The summed E-state index contributed by atoms with van der Waals surface area (Å²) in [7, 11) is 0. The molecule has 0 aliphatic heterocycles. The quantitative estimate of drug-likeness (QED) is 0.485. The molecule has 0 radical (unpaired) electrons. The highest BCUT2D eigenvalue weighted by molar-refractivity contribution is 5.90. The monoisotopic (exact) mass is 403 g/mol. The standard InChI is InChI=1S/C23H25N5O2/c1-4-9-21-22(15-24-28(21)18-10-7-6-8-11-18)30-23(29)26-17-12-13-20-19(14-17)25-16(3)27(20)5-2/h6-8,10-15H,4-5,9H2,1-3H3,(H,26,29). The zero-order valence-corrected chi connectivity index (χ0v) is 17.4. The summed E-state index contributed by atoms with van der Waals surface area (Å²) in [6.07, 6.45) is 2.70. The Morgan fingerprint density at radius 1 is 1.13 bits per heavy atom. The van der Waals surface area contributed by atoms with Crippen LogP contribution in [-0.2, 0) is 13.0 Å². The second kappa shape index (κ2) is 8.41. The molecule has 0 fully saturated rings. The number of ether oxygens (including phenoxy) is 1. The molecule has 0 aliphatic rings. The van der Waals surface area contributed by atoms with E-state index in [1.165, 1.54) is 0 Å². The summed E-state index contributed by atoms with van der Waals surface area (Å²) in [6.45, 7) is 6.99. The molecule has 0 saturated carbocycles. The number of nitrogens with one attached hydrogen (secondary N) is 1. The summed E-state index contributed by atoms with van der Waals surface area (Å²) in [6, 6.07) is 15.5. The van der Waals surface area contributed by atoms with Crippen molar-refractivity contribution in [3.63, 3.8) is 0 Å². The Morgan fingerprint density at radius 3 is 2.67 bits per heavy atom. The minimum absolute atomic E-state index is 0.463. The van der Waals surface area contributed by atoms with Gasteiger partial charge in [-0.1, -0.05) is 31.5 Å². The summed E-state index contributed by atoms with van der Waals surface area (Å²) in [5, 5.41) is 7.23. The van der Waals surface area contributed by atoms with Crippen molar-refractivity contribution < 1.29 is 9.53 Å². The van der Waals surface area contributed by atoms with Crippen LogP contribution in [0.5, 0.6) is 5.75 Å². The van der Waals surface area contributed by atoms with Crippen LogP contribution in [0.1, 0.15) is 31.8 Å². The third-order valence-corrected chi connectivity index (χ3v) is 5.02. The molecule has 4 aromatic rings. The van der Waals surface area contributed by atoms with E-state index in [9.17, 15) is 4.79 Å². The van der Waals surface area contributed by atoms with E-state index in [1.54, 1.807) is 6.20 Å². The summed E-state index contributed by atoms with van der Waals surface area (Å²) in [5.41, 5.74) is 4.33. The minimum atomic E-state index is -0.550. The molecule has 7 nitrogen and oxygen atoms in total. The largest absolute Gasteiger partial charge is 0.417 e. The van der Waals surface area contributed by atoms with Gasteiger partial charge in [-0.3, -0.25) is 5.32 Å². The maximum atomic E-state index is 12.6. The Kier molecular flexibility index (Phi) is 5.52. The molecule has 0 atom stereocenters. The number of benzene rings is 2. The summed E-state index contributed by atoms with van der Waals surface area (Å²) >= 11 is 0. The van der Waals surface area contributed by atoms with E-state index in [0.29, 0.717) is 11.4 Å². The molecule has 7 heteroatoms. The van der Waals surface area contributed by atoms with Crippen LogP contribution >= 0.6 is 0 Å². The number of para-hydroxylation sites is 1. The van der Waals surface area contributed by atoms with Crippen molar-refractivity contribution >= 4 is 22.8 Å². The van der Waals surface area contributed by atoms with E-state index in [0.717, 1.165) is 47.6 Å².